The van der Waals surface area contributed by atoms with E-state index in [9.17, 15) is 0 Å². The van der Waals surface area contributed by atoms with Crippen molar-refractivity contribution in [3.8, 4) is 11.3 Å². The molecule has 1 aliphatic rings. The molecule has 16 heavy (non-hydrogen) atoms. The molecule has 1 aliphatic heterocycles. The number of fused-ring (bicyclic) bond motifs is 1. The van der Waals surface area contributed by atoms with Crippen LogP contribution in [0.2, 0.25) is 0 Å². The van der Waals surface area contributed by atoms with E-state index in [1.54, 1.807) is 0 Å². The Bertz CT molecular complexity index is 499. The molecule has 0 bridgehead atoms. The van der Waals surface area contributed by atoms with Crippen molar-refractivity contribution in [2.24, 2.45) is 0 Å². The van der Waals surface area contributed by atoms with Gasteiger partial charge in [0.1, 0.15) is 11.5 Å². The van der Waals surface area contributed by atoms with Crippen LogP contribution in [0.5, 0.6) is 0 Å². The van der Waals surface area contributed by atoms with E-state index in [4.69, 9.17) is 4.42 Å². The Morgan fingerprint density at radius 2 is 2.00 bits per heavy atom. The van der Waals surface area contributed by atoms with Gasteiger partial charge in [-0.05, 0) is 31.0 Å². The highest BCUT2D eigenvalue weighted by Crippen LogP contribution is 2.32. The summed E-state index contributed by atoms with van der Waals surface area (Å²) in [5.74, 6) is 2.15. The van der Waals surface area contributed by atoms with Crippen LogP contribution in [0.3, 0.4) is 0 Å². The van der Waals surface area contributed by atoms with E-state index in [0.29, 0.717) is 0 Å². The van der Waals surface area contributed by atoms with Crippen LogP contribution in [0, 0.1) is 6.92 Å². The maximum Gasteiger partial charge on any atom is 0.137 e. The van der Waals surface area contributed by atoms with Crippen molar-refractivity contribution in [3.63, 3.8) is 0 Å². The minimum Gasteiger partial charge on any atom is -0.459 e. The predicted molar refractivity (Wildman–Crippen MR) is 64.3 cm³/mol. The summed E-state index contributed by atoms with van der Waals surface area (Å²) in [7, 11) is 0. The third kappa shape index (κ3) is 1.46. The lowest BCUT2D eigenvalue weighted by Crippen LogP contribution is -2.22. The summed E-state index contributed by atoms with van der Waals surface area (Å²) >= 11 is 0. The highest BCUT2D eigenvalue weighted by atomic mass is 16.3. The van der Waals surface area contributed by atoms with Crippen molar-refractivity contribution in [1.29, 1.82) is 0 Å². The summed E-state index contributed by atoms with van der Waals surface area (Å²) in [6.07, 6.45) is 1.08. The smallest absolute Gasteiger partial charge is 0.137 e. The summed E-state index contributed by atoms with van der Waals surface area (Å²) in [6, 6.07) is 10.3. The molecule has 3 rings (SSSR count). The van der Waals surface area contributed by atoms with Crippen molar-refractivity contribution < 1.29 is 4.42 Å². The molecule has 0 saturated carbocycles. The van der Waals surface area contributed by atoms with Gasteiger partial charge in [-0.3, -0.25) is 0 Å². The summed E-state index contributed by atoms with van der Waals surface area (Å²) in [6.45, 7) is 4.08. The molecule has 0 saturated heterocycles. The predicted octanol–water partition coefficient (Wildman–Crippen LogP) is 2.90. The van der Waals surface area contributed by atoms with Gasteiger partial charge in [-0.15, -0.1) is 0 Å². The summed E-state index contributed by atoms with van der Waals surface area (Å²) < 4.78 is 5.96. The second kappa shape index (κ2) is 3.80. The zero-order valence-corrected chi connectivity index (χ0v) is 9.42. The Morgan fingerprint density at radius 1 is 1.19 bits per heavy atom. The van der Waals surface area contributed by atoms with Gasteiger partial charge in [-0.25, -0.2) is 0 Å². The van der Waals surface area contributed by atoms with Gasteiger partial charge in [-0.2, -0.15) is 0 Å². The lowest BCUT2D eigenvalue weighted by atomic mass is 10.0. The minimum atomic E-state index is 0.864. The summed E-state index contributed by atoms with van der Waals surface area (Å²) in [5.41, 5.74) is 3.88. The summed E-state index contributed by atoms with van der Waals surface area (Å²) in [4.78, 5) is 0. The molecule has 0 atom stereocenters. The molecule has 0 unspecified atom stereocenters. The van der Waals surface area contributed by atoms with E-state index < -0.39 is 0 Å². The maximum atomic E-state index is 5.96. The fourth-order valence-electron chi connectivity index (χ4n) is 2.36. The van der Waals surface area contributed by atoms with Gasteiger partial charge >= 0.3 is 0 Å². The largest absolute Gasteiger partial charge is 0.459 e. The normalized spacial score (nSPS) is 14.8. The van der Waals surface area contributed by atoms with Crippen LogP contribution < -0.4 is 5.32 Å². The number of rotatable bonds is 1. The van der Waals surface area contributed by atoms with Crippen molar-refractivity contribution >= 4 is 0 Å². The van der Waals surface area contributed by atoms with Gasteiger partial charge in [-0.1, -0.05) is 30.3 Å². The maximum absolute atomic E-state index is 5.96. The molecule has 0 fully saturated rings. The molecule has 0 aliphatic carbocycles. The second-order valence-electron chi connectivity index (χ2n) is 4.25. The fraction of sp³-hybridized carbons (Fsp3) is 0.286. The molecule has 2 heteroatoms. The van der Waals surface area contributed by atoms with Crippen LogP contribution in [-0.4, -0.2) is 6.54 Å². The van der Waals surface area contributed by atoms with Crippen LogP contribution in [-0.2, 0) is 13.0 Å². The number of benzene rings is 1. The number of furan rings is 1. The molecule has 2 aromatic rings. The van der Waals surface area contributed by atoms with Crippen molar-refractivity contribution in [3.05, 3.63) is 47.2 Å². The highest BCUT2D eigenvalue weighted by molar-refractivity contribution is 5.63. The Balaban J connectivity index is 2.12. The number of nitrogens with one attached hydrogen (secondary N) is 1. The van der Waals surface area contributed by atoms with E-state index in [0.717, 1.165) is 31.0 Å². The van der Waals surface area contributed by atoms with Crippen LogP contribution in [0.25, 0.3) is 11.3 Å². The van der Waals surface area contributed by atoms with Crippen LogP contribution in [0.4, 0.5) is 0 Å². The van der Waals surface area contributed by atoms with E-state index >= 15 is 0 Å². The van der Waals surface area contributed by atoms with Crippen molar-refractivity contribution in [2.75, 3.05) is 6.54 Å². The molecule has 0 spiro atoms. The molecule has 2 heterocycles. The van der Waals surface area contributed by atoms with Gasteiger partial charge < -0.3 is 9.73 Å². The van der Waals surface area contributed by atoms with Crippen molar-refractivity contribution in [1.82, 2.24) is 5.32 Å². The average Bonchev–Trinajstić information content (AvgIpc) is 2.69. The number of hydrogen-bond donors (Lipinski definition) is 1. The number of hydrogen-bond acceptors (Lipinski definition) is 2. The lowest BCUT2D eigenvalue weighted by Gasteiger charge is -2.10. The van der Waals surface area contributed by atoms with Gasteiger partial charge in [0.15, 0.2) is 0 Å². The minimum absolute atomic E-state index is 0.864. The molecule has 1 N–H and O–H groups in total. The molecule has 0 amide bonds. The Labute approximate surface area is 95.3 Å². The SMILES string of the molecule is Cc1c(-c2ccccc2)oc2c1CCNC2. The third-order valence-corrected chi connectivity index (χ3v) is 3.23. The summed E-state index contributed by atoms with van der Waals surface area (Å²) in [5, 5.41) is 3.34. The first kappa shape index (κ1) is 9.67. The van der Waals surface area contributed by atoms with E-state index in [-0.39, 0.29) is 0 Å². The monoisotopic (exact) mass is 213 g/mol. The quantitative estimate of drug-likeness (QED) is 0.788. The van der Waals surface area contributed by atoms with Crippen molar-refractivity contribution in [2.45, 2.75) is 19.9 Å². The molecule has 82 valence electrons. The first-order chi connectivity index (χ1) is 7.86. The lowest BCUT2D eigenvalue weighted by molar-refractivity contribution is 0.472. The molecule has 1 aromatic carbocycles. The average molecular weight is 213 g/mol. The molecular formula is C14H15NO. The van der Waals surface area contributed by atoms with Crippen LogP contribution in [0.1, 0.15) is 16.9 Å². The molecular weight excluding hydrogens is 198 g/mol. The first-order valence-electron chi connectivity index (χ1n) is 5.73. The molecule has 2 nitrogen and oxygen atoms in total. The zero-order chi connectivity index (χ0) is 11.0. The third-order valence-electron chi connectivity index (χ3n) is 3.23. The Kier molecular flexibility index (Phi) is 2.29. The van der Waals surface area contributed by atoms with Gasteiger partial charge in [0.05, 0.1) is 6.54 Å². The van der Waals surface area contributed by atoms with E-state index in [1.807, 2.05) is 6.07 Å². The molecule has 1 aromatic heterocycles. The Morgan fingerprint density at radius 3 is 2.75 bits per heavy atom. The molecule has 0 radical (unpaired) electrons. The van der Waals surface area contributed by atoms with Gasteiger partial charge in [0, 0.05) is 5.56 Å². The highest BCUT2D eigenvalue weighted by Gasteiger charge is 2.19. The van der Waals surface area contributed by atoms with Crippen LogP contribution in [0.15, 0.2) is 34.7 Å². The topological polar surface area (TPSA) is 25.2 Å². The van der Waals surface area contributed by atoms with E-state index in [1.165, 1.54) is 16.7 Å². The standard InChI is InChI=1S/C14H15NO/c1-10-12-7-8-15-9-13(12)16-14(10)11-5-3-2-4-6-11/h2-6,15H,7-9H2,1H3. The van der Waals surface area contributed by atoms with Gasteiger partial charge in [0.2, 0.25) is 0 Å². The Hall–Kier alpha value is -1.54. The van der Waals surface area contributed by atoms with Crippen LogP contribution >= 0.6 is 0 Å². The van der Waals surface area contributed by atoms with Gasteiger partial charge in [0.25, 0.3) is 0 Å². The first-order valence-corrected chi connectivity index (χ1v) is 5.73. The zero-order valence-electron chi connectivity index (χ0n) is 9.42. The van der Waals surface area contributed by atoms with E-state index in [2.05, 4.69) is 36.5 Å². The fourth-order valence-corrected chi connectivity index (χ4v) is 2.36. The second-order valence-corrected chi connectivity index (χ2v) is 4.25.